The fourth-order valence-corrected chi connectivity index (χ4v) is 4.81. The quantitative estimate of drug-likeness (QED) is 0.838. The van der Waals surface area contributed by atoms with Gasteiger partial charge in [0.25, 0.3) is 10.0 Å². The van der Waals surface area contributed by atoms with Gasteiger partial charge in [0.2, 0.25) is 0 Å². The zero-order valence-electron chi connectivity index (χ0n) is 15.0. The molecule has 1 fully saturated rings. The van der Waals surface area contributed by atoms with Gasteiger partial charge in [-0.15, -0.1) is 0 Å². The summed E-state index contributed by atoms with van der Waals surface area (Å²) in [5.74, 6) is 1.69. The van der Waals surface area contributed by atoms with Crippen LogP contribution < -0.4 is 4.74 Å². The Hall–Kier alpha value is -1.86. The van der Waals surface area contributed by atoms with E-state index in [9.17, 15) is 8.42 Å². The third-order valence-electron chi connectivity index (χ3n) is 4.91. The number of imidazole rings is 1. The molecule has 0 N–H and O–H groups in total. The van der Waals surface area contributed by atoms with E-state index in [0.29, 0.717) is 18.9 Å². The zero-order valence-corrected chi connectivity index (χ0v) is 15.8. The summed E-state index contributed by atoms with van der Waals surface area (Å²) in [6.45, 7) is 2.84. The molecule has 0 bridgehead atoms. The van der Waals surface area contributed by atoms with Gasteiger partial charge in [-0.25, -0.2) is 13.4 Å². The molecular weight excluding hydrogens is 338 g/mol. The average molecular weight is 363 g/mol. The molecule has 1 aromatic carbocycles. The van der Waals surface area contributed by atoms with E-state index in [1.807, 2.05) is 38.2 Å². The van der Waals surface area contributed by atoms with Crippen LogP contribution >= 0.6 is 0 Å². The lowest BCUT2D eigenvalue weighted by Gasteiger charge is -2.23. The van der Waals surface area contributed by atoms with Crippen LogP contribution in [-0.2, 0) is 17.1 Å². The van der Waals surface area contributed by atoms with Gasteiger partial charge < -0.3 is 9.30 Å². The molecule has 0 radical (unpaired) electrons. The Morgan fingerprint density at radius 1 is 1.20 bits per heavy atom. The summed E-state index contributed by atoms with van der Waals surface area (Å²) in [5.41, 5.74) is 1.15. The van der Waals surface area contributed by atoms with E-state index in [0.717, 1.165) is 30.6 Å². The summed E-state index contributed by atoms with van der Waals surface area (Å²) >= 11 is 0. The predicted molar refractivity (Wildman–Crippen MR) is 96.3 cm³/mol. The SMILES string of the molecule is COc1ccc(C2CCCCN(S(=O)(=O)c3cn(C)c(C)n3)C2)cc1. The maximum Gasteiger partial charge on any atom is 0.262 e. The number of rotatable bonds is 4. The molecule has 136 valence electrons. The van der Waals surface area contributed by atoms with Gasteiger partial charge in [0, 0.05) is 26.3 Å². The Morgan fingerprint density at radius 2 is 1.92 bits per heavy atom. The molecule has 1 saturated heterocycles. The van der Waals surface area contributed by atoms with Crippen molar-refractivity contribution in [2.24, 2.45) is 7.05 Å². The van der Waals surface area contributed by atoms with E-state index in [4.69, 9.17) is 4.74 Å². The molecule has 1 aliphatic rings. The first-order valence-corrected chi connectivity index (χ1v) is 10.00. The van der Waals surface area contributed by atoms with Crippen LogP contribution in [0.2, 0.25) is 0 Å². The number of ether oxygens (including phenoxy) is 1. The van der Waals surface area contributed by atoms with E-state index in [1.165, 1.54) is 0 Å². The van der Waals surface area contributed by atoms with Gasteiger partial charge in [-0.2, -0.15) is 4.31 Å². The number of aryl methyl sites for hydroxylation is 2. The van der Waals surface area contributed by atoms with Crippen LogP contribution in [0.25, 0.3) is 0 Å². The fraction of sp³-hybridized carbons (Fsp3) is 0.500. The Labute approximate surface area is 149 Å². The number of benzene rings is 1. The second-order valence-electron chi connectivity index (χ2n) is 6.57. The van der Waals surface area contributed by atoms with Crippen LogP contribution in [0, 0.1) is 6.92 Å². The van der Waals surface area contributed by atoms with E-state index in [-0.39, 0.29) is 10.9 Å². The van der Waals surface area contributed by atoms with Gasteiger partial charge in [0.1, 0.15) is 11.6 Å². The largest absolute Gasteiger partial charge is 0.497 e. The number of hydrogen-bond donors (Lipinski definition) is 0. The van der Waals surface area contributed by atoms with Crippen LogP contribution in [-0.4, -0.2) is 42.5 Å². The van der Waals surface area contributed by atoms with Gasteiger partial charge in [-0.3, -0.25) is 0 Å². The zero-order chi connectivity index (χ0) is 18.0. The van der Waals surface area contributed by atoms with Gasteiger partial charge in [-0.1, -0.05) is 18.6 Å². The summed E-state index contributed by atoms with van der Waals surface area (Å²) in [6, 6.07) is 7.93. The number of sulfonamides is 1. The maximum absolute atomic E-state index is 13.0. The predicted octanol–water partition coefficient (Wildman–Crippen LogP) is 2.70. The highest BCUT2D eigenvalue weighted by atomic mass is 32.2. The van der Waals surface area contributed by atoms with E-state index in [1.54, 1.807) is 22.2 Å². The van der Waals surface area contributed by atoms with Crippen LogP contribution in [0.5, 0.6) is 5.75 Å². The number of hydrogen-bond acceptors (Lipinski definition) is 4. The summed E-state index contributed by atoms with van der Waals surface area (Å²) in [6.07, 6.45) is 4.47. The molecule has 2 aromatic rings. The highest BCUT2D eigenvalue weighted by Gasteiger charge is 2.31. The normalized spacial score (nSPS) is 19.6. The van der Waals surface area contributed by atoms with Crippen molar-refractivity contribution >= 4 is 10.0 Å². The van der Waals surface area contributed by atoms with Crippen molar-refractivity contribution in [1.29, 1.82) is 0 Å². The molecule has 0 spiro atoms. The number of methoxy groups -OCH3 is 1. The first-order chi connectivity index (χ1) is 11.9. The third kappa shape index (κ3) is 3.72. The smallest absolute Gasteiger partial charge is 0.262 e. The van der Waals surface area contributed by atoms with Crippen LogP contribution in [0.15, 0.2) is 35.5 Å². The minimum absolute atomic E-state index is 0.142. The third-order valence-corrected chi connectivity index (χ3v) is 6.65. The highest BCUT2D eigenvalue weighted by molar-refractivity contribution is 7.89. The Morgan fingerprint density at radius 3 is 2.52 bits per heavy atom. The molecule has 7 heteroatoms. The van der Waals surface area contributed by atoms with Crippen LogP contribution in [0.1, 0.15) is 36.6 Å². The van der Waals surface area contributed by atoms with Gasteiger partial charge >= 0.3 is 0 Å². The molecule has 1 unspecified atom stereocenters. The van der Waals surface area contributed by atoms with Crippen molar-refractivity contribution in [2.75, 3.05) is 20.2 Å². The summed E-state index contributed by atoms with van der Waals surface area (Å²) in [5, 5.41) is 0.142. The molecule has 0 saturated carbocycles. The van der Waals surface area contributed by atoms with Crippen molar-refractivity contribution < 1.29 is 13.2 Å². The maximum atomic E-state index is 13.0. The topological polar surface area (TPSA) is 64.4 Å². The van der Waals surface area contributed by atoms with E-state index < -0.39 is 10.0 Å². The number of nitrogens with zero attached hydrogens (tertiary/aromatic N) is 3. The van der Waals surface area contributed by atoms with Crippen molar-refractivity contribution in [3.05, 3.63) is 41.9 Å². The standard InChI is InChI=1S/C18H25N3O3S/c1-14-19-18(13-20(14)2)25(22,23)21-11-5-4-6-16(12-21)15-7-9-17(24-3)10-8-15/h7-10,13,16H,4-6,11-12H2,1-3H3. The summed E-state index contributed by atoms with van der Waals surface area (Å²) in [4.78, 5) is 4.22. The molecule has 3 rings (SSSR count). The van der Waals surface area contributed by atoms with Crippen molar-refractivity contribution in [2.45, 2.75) is 37.1 Å². The second-order valence-corrected chi connectivity index (χ2v) is 8.45. The molecule has 1 aliphatic heterocycles. The van der Waals surface area contributed by atoms with Crippen molar-refractivity contribution in [1.82, 2.24) is 13.9 Å². The Balaban J connectivity index is 1.85. The van der Waals surface area contributed by atoms with Gasteiger partial charge in [0.15, 0.2) is 5.03 Å². The molecule has 1 atom stereocenters. The molecule has 0 aliphatic carbocycles. The molecule has 0 amide bonds. The molecular formula is C18H25N3O3S. The molecule has 25 heavy (non-hydrogen) atoms. The van der Waals surface area contributed by atoms with Gasteiger partial charge in [-0.05, 0) is 43.4 Å². The minimum atomic E-state index is -3.56. The van der Waals surface area contributed by atoms with E-state index >= 15 is 0 Å². The van der Waals surface area contributed by atoms with E-state index in [2.05, 4.69) is 4.98 Å². The molecule has 1 aromatic heterocycles. The van der Waals surface area contributed by atoms with Crippen molar-refractivity contribution in [3.8, 4) is 5.75 Å². The lowest BCUT2D eigenvalue weighted by Crippen LogP contribution is -2.34. The lowest BCUT2D eigenvalue weighted by molar-refractivity contribution is 0.403. The van der Waals surface area contributed by atoms with Crippen LogP contribution in [0.4, 0.5) is 0 Å². The molecule has 2 heterocycles. The number of aromatic nitrogens is 2. The highest BCUT2D eigenvalue weighted by Crippen LogP contribution is 2.30. The van der Waals surface area contributed by atoms with Gasteiger partial charge in [0.05, 0.1) is 7.11 Å². The van der Waals surface area contributed by atoms with Crippen LogP contribution in [0.3, 0.4) is 0 Å². The first kappa shape index (κ1) is 17.9. The lowest BCUT2D eigenvalue weighted by atomic mass is 9.94. The molecule has 6 nitrogen and oxygen atoms in total. The second kappa shape index (κ2) is 7.17. The monoisotopic (exact) mass is 363 g/mol. The Kier molecular flexibility index (Phi) is 5.15. The first-order valence-electron chi connectivity index (χ1n) is 8.56. The average Bonchev–Trinajstić information content (AvgIpc) is 2.82. The summed E-state index contributed by atoms with van der Waals surface area (Å²) in [7, 11) is -0.112. The minimum Gasteiger partial charge on any atom is -0.497 e. The Bertz CT molecular complexity index is 808. The van der Waals surface area contributed by atoms with Crippen molar-refractivity contribution in [3.63, 3.8) is 0 Å². The fourth-order valence-electron chi connectivity index (χ4n) is 3.26. The summed E-state index contributed by atoms with van der Waals surface area (Å²) < 4.78 is 34.6.